The van der Waals surface area contributed by atoms with Gasteiger partial charge in [-0.25, -0.2) is 4.39 Å². The largest absolute Gasteiger partial charge is 0.409 e. The molecule has 0 aromatic heterocycles. The Morgan fingerprint density at radius 1 is 1.44 bits per heavy atom. The van der Waals surface area contributed by atoms with Gasteiger partial charge in [-0.1, -0.05) is 32.0 Å². The first kappa shape index (κ1) is 14.0. The lowest BCUT2D eigenvalue weighted by Crippen LogP contribution is -2.29. The molecule has 1 rings (SSSR count). The molecular weight excluding hydrogens is 237 g/mol. The first-order valence-corrected chi connectivity index (χ1v) is 5.35. The zero-order chi connectivity index (χ0) is 13.9. The maximum Gasteiger partial charge on any atom is 0.229 e. The molecule has 0 aliphatic rings. The van der Waals surface area contributed by atoms with Gasteiger partial charge in [0.25, 0.3) is 0 Å². The van der Waals surface area contributed by atoms with Crippen molar-refractivity contribution in [1.82, 2.24) is 0 Å². The van der Waals surface area contributed by atoms with Crippen LogP contribution in [0.15, 0.2) is 23.4 Å². The highest BCUT2D eigenvalue weighted by molar-refractivity contribution is 6.06. The van der Waals surface area contributed by atoms with Crippen molar-refractivity contribution in [2.45, 2.75) is 20.8 Å². The number of benzene rings is 1. The summed E-state index contributed by atoms with van der Waals surface area (Å²) >= 11 is 0. The van der Waals surface area contributed by atoms with Gasteiger partial charge in [0.15, 0.2) is 5.84 Å². The Hall–Kier alpha value is -2.11. The predicted molar refractivity (Wildman–Crippen MR) is 67.0 cm³/mol. The van der Waals surface area contributed by atoms with Crippen molar-refractivity contribution in [1.29, 1.82) is 0 Å². The summed E-state index contributed by atoms with van der Waals surface area (Å²) in [7, 11) is 0. The number of nitrogens with two attached hydrogens (primary N) is 1. The minimum atomic E-state index is -0.669. The van der Waals surface area contributed by atoms with Gasteiger partial charge in [0, 0.05) is 5.41 Å². The molecule has 6 heteroatoms. The van der Waals surface area contributed by atoms with Gasteiger partial charge in [0.2, 0.25) is 5.91 Å². The average molecular weight is 253 g/mol. The van der Waals surface area contributed by atoms with E-state index in [-0.39, 0.29) is 17.2 Å². The van der Waals surface area contributed by atoms with Crippen LogP contribution in [0, 0.1) is 11.2 Å². The van der Waals surface area contributed by atoms with Gasteiger partial charge >= 0.3 is 0 Å². The molecule has 0 saturated heterocycles. The van der Waals surface area contributed by atoms with Gasteiger partial charge in [0.1, 0.15) is 5.82 Å². The molecule has 98 valence electrons. The van der Waals surface area contributed by atoms with Gasteiger partial charge < -0.3 is 16.3 Å². The summed E-state index contributed by atoms with van der Waals surface area (Å²) < 4.78 is 13.6. The summed E-state index contributed by atoms with van der Waals surface area (Å²) in [4.78, 5) is 11.8. The molecule has 1 amide bonds. The van der Waals surface area contributed by atoms with Crippen molar-refractivity contribution in [3.05, 3.63) is 29.6 Å². The molecule has 0 fully saturated rings. The van der Waals surface area contributed by atoms with Crippen LogP contribution in [0.4, 0.5) is 10.1 Å². The molecule has 0 unspecified atom stereocenters. The number of amides is 1. The molecule has 1 aromatic rings. The molecule has 18 heavy (non-hydrogen) atoms. The third kappa shape index (κ3) is 2.97. The van der Waals surface area contributed by atoms with Crippen LogP contribution in [0.25, 0.3) is 0 Å². The molecule has 1 aromatic carbocycles. The van der Waals surface area contributed by atoms with Crippen LogP contribution in [0.2, 0.25) is 0 Å². The first-order valence-electron chi connectivity index (χ1n) is 5.35. The van der Waals surface area contributed by atoms with Crippen molar-refractivity contribution >= 4 is 17.4 Å². The summed E-state index contributed by atoms with van der Waals surface area (Å²) in [6.45, 7) is 5.18. The normalized spacial score (nSPS) is 12.3. The lowest BCUT2D eigenvalue weighted by Gasteiger charge is -2.19. The van der Waals surface area contributed by atoms with Crippen molar-refractivity contribution < 1.29 is 14.4 Å². The standard InChI is InChI=1S/C12H16FN3O2/c1-12(2,3)11(17)15-8-6-4-5-7(13)9(8)10(14)16-18/h4-6,18H,1-3H3,(H2,14,16)(H,15,17). The van der Waals surface area contributed by atoms with E-state index in [2.05, 4.69) is 10.5 Å². The van der Waals surface area contributed by atoms with Gasteiger partial charge in [0.05, 0.1) is 11.3 Å². The Labute approximate surface area is 104 Å². The van der Waals surface area contributed by atoms with Gasteiger partial charge in [-0.15, -0.1) is 0 Å². The minimum absolute atomic E-state index is 0.127. The predicted octanol–water partition coefficient (Wildman–Crippen LogP) is 1.90. The summed E-state index contributed by atoms with van der Waals surface area (Å²) in [5.74, 6) is -1.35. The third-order valence-corrected chi connectivity index (χ3v) is 2.31. The molecule has 0 saturated carbocycles. The minimum Gasteiger partial charge on any atom is -0.409 e. The van der Waals surface area contributed by atoms with Crippen LogP contribution in [0.1, 0.15) is 26.3 Å². The highest BCUT2D eigenvalue weighted by Crippen LogP contribution is 2.22. The molecule has 0 heterocycles. The van der Waals surface area contributed by atoms with E-state index in [0.717, 1.165) is 0 Å². The second-order valence-electron chi connectivity index (χ2n) is 4.85. The molecular formula is C12H16FN3O2. The summed E-state index contributed by atoms with van der Waals surface area (Å²) in [5, 5.41) is 13.9. The number of amidine groups is 1. The van der Waals surface area contributed by atoms with Crippen LogP contribution in [-0.2, 0) is 4.79 Å². The monoisotopic (exact) mass is 253 g/mol. The van der Waals surface area contributed by atoms with E-state index in [1.165, 1.54) is 18.2 Å². The molecule has 0 radical (unpaired) electrons. The number of halogens is 1. The number of oxime groups is 1. The fourth-order valence-corrected chi connectivity index (χ4v) is 1.25. The van der Waals surface area contributed by atoms with Crippen LogP contribution >= 0.6 is 0 Å². The number of hydrogen-bond acceptors (Lipinski definition) is 3. The number of anilines is 1. The highest BCUT2D eigenvalue weighted by Gasteiger charge is 2.23. The fourth-order valence-electron chi connectivity index (χ4n) is 1.25. The smallest absolute Gasteiger partial charge is 0.229 e. The second-order valence-corrected chi connectivity index (χ2v) is 4.85. The number of nitrogens with one attached hydrogen (secondary N) is 1. The Morgan fingerprint density at radius 3 is 2.56 bits per heavy atom. The van der Waals surface area contributed by atoms with E-state index < -0.39 is 17.1 Å². The van der Waals surface area contributed by atoms with E-state index in [1.807, 2.05) is 0 Å². The summed E-state index contributed by atoms with van der Waals surface area (Å²) in [6.07, 6.45) is 0. The quantitative estimate of drug-likeness (QED) is 0.325. The van der Waals surface area contributed by atoms with Crippen LogP contribution in [0.5, 0.6) is 0 Å². The fraction of sp³-hybridized carbons (Fsp3) is 0.333. The van der Waals surface area contributed by atoms with Crippen molar-refractivity contribution in [3.8, 4) is 0 Å². The Morgan fingerprint density at radius 2 is 2.06 bits per heavy atom. The second kappa shape index (κ2) is 5.03. The lowest BCUT2D eigenvalue weighted by atomic mass is 9.95. The average Bonchev–Trinajstić information content (AvgIpc) is 2.27. The van der Waals surface area contributed by atoms with E-state index in [4.69, 9.17) is 10.9 Å². The molecule has 0 atom stereocenters. The summed E-state index contributed by atoms with van der Waals surface area (Å²) in [6, 6.07) is 4.09. The van der Waals surface area contributed by atoms with Crippen molar-refractivity contribution in [2.24, 2.45) is 16.3 Å². The van der Waals surface area contributed by atoms with Crippen LogP contribution in [-0.4, -0.2) is 17.0 Å². The van der Waals surface area contributed by atoms with E-state index in [0.29, 0.717) is 0 Å². The SMILES string of the molecule is CC(C)(C)C(=O)Nc1cccc(F)c1/C(N)=N/O. The number of hydrogen-bond donors (Lipinski definition) is 3. The number of carbonyl (C=O) groups excluding carboxylic acids is 1. The first-order chi connectivity index (χ1) is 8.27. The molecule has 0 spiro atoms. The van der Waals surface area contributed by atoms with Crippen molar-refractivity contribution in [3.63, 3.8) is 0 Å². The zero-order valence-corrected chi connectivity index (χ0v) is 10.5. The maximum absolute atomic E-state index is 13.6. The molecule has 0 bridgehead atoms. The maximum atomic E-state index is 13.6. The topological polar surface area (TPSA) is 87.7 Å². The Kier molecular flexibility index (Phi) is 3.90. The summed E-state index contributed by atoms with van der Waals surface area (Å²) in [5.41, 5.74) is 4.80. The molecule has 0 aliphatic carbocycles. The van der Waals surface area contributed by atoms with Crippen LogP contribution < -0.4 is 11.1 Å². The lowest BCUT2D eigenvalue weighted by molar-refractivity contribution is -0.123. The van der Waals surface area contributed by atoms with E-state index in [1.54, 1.807) is 20.8 Å². The Balaban J connectivity index is 3.18. The van der Waals surface area contributed by atoms with E-state index in [9.17, 15) is 9.18 Å². The van der Waals surface area contributed by atoms with Crippen molar-refractivity contribution in [2.75, 3.05) is 5.32 Å². The van der Waals surface area contributed by atoms with E-state index >= 15 is 0 Å². The van der Waals surface area contributed by atoms with Gasteiger partial charge in [-0.05, 0) is 12.1 Å². The highest BCUT2D eigenvalue weighted by atomic mass is 19.1. The number of rotatable bonds is 2. The number of nitrogens with zero attached hydrogens (tertiary/aromatic N) is 1. The number of carbonyl (C=O) groups is 1. The zero-order valence-electron chi connectivity index (χ0n) is 10.5. The van der Waals surface area contributed by atoms with Gasteiger partial charge in [-0.2, -0.15) is 0 Å². The molecule has 0 aliphatic heterocycles. The molecule has 4 N–H and O–H groups in total. The van der Waals surface area contributed by atoms with Gasteiger partial charge in [-0.3, -0.25) is 4.79 Å². The molecule has 5 nitrogen and oxygen atoms in total. The third-order valence-electron chi connectivity index (χ3n) is 2.31. The Bertz CT molecular complexity index is 493. The van der Waals surface area contributed by atoms with Crippen LogP contribution in [0.3, 0.4) is 0 Å².